The van der Waals surface area contributed by atoms with Crippen molar-refractivity contribution in [2.75, 3.05) is 12.8 Å². The lowest BCUT2D eigenvalue weighted by molar-refractivity contribution is -0.143. The molecule has 0 bridgehead atoms. The summed E-state index contributed by atoms with van der Waals surface area (Å²) in [7, 11) is -3.50. The van der Waals surface area contributed by atoms with Crippen molar-refractivity contribution < 1.29 is 18.9 Å². The number of carbonyl (C=O) groups is 2. The van der Waals surface area contributed by atoms with E-state index < -0.39 is 7.14 Å². The number of aryl methyl sites for hydroxylation is 3. The maximum Gasteiger partial charge on any atom is 0.306 e. The molecule has 0 aromatic heterocycles. The van der Waals surface area contributed by atoms with Gasteiger partial charge in [-0.15, -0.1) is 0 Å². The molecule has 0 radical (unpaired) electrons. The first-order valence-electron chi connectivity index (χ1n) is 11.7. The summed E-state index contributed by atoms with van der Waals surface area (Å²) in [4.78, 5) is 25.9. The van der Waals surface area contributed by atoms with E-state index in [0.717, 1.165) is 36.0 Å². The van der Waals surface area contributed by atoms with Crippen LogP contribution < -0.4 is 5.30 Å². The Morgan fingerprint density at radius 2 is 1.47 bits per heavy atom. The minimum atomic E-state index is -3.50. The fourth-order valence-corrected chi connectivity index (χ4v) is 6.66. The summed E-state index contributed by atoms with van der Waals surface area (Å²) >= 11 is 0. The van der Waals surface area contributed by atoms with Gasteiger partial charge in [0.25, 0.3) is 0 Å². The minimum absolute atomic E-state index is 0.0159. The zero-order chi connectivity index (χ0) is 23.6. The van der Waals surface area contributed by atoms with Crippen LogP contribution >= 0.6 is 7.14 Å². The molecule has 0 aliphatic rings. The summed E-state index contributed by atoms with van der Waals surface area (Å²) in [5.74, 6) is -0.389. The quantitative estimate of drug-likeness (QED) is 0.190. The summed E-state index contributed by atoms with van der Waals surface area (Å²) in [6.45, 7) is 8.28. The van der Waals surface area contributed by atoms with E-state index in [1.165, 1.54) is 19.3 Å². The van der Waals surface area contributed by atoms with Crippen LogP contribution in [0.3, 0.4) is 0 Å². The van der Waals surface area contributed by atoms with Gasteiger partial charge in [-0.3, -0.25) is 9.59 Å². The molecule has 1 atom stereocenters. The summed E-state index contributed by atoms with van der Waals surface area (Å²) in [6, 6.07) is 12.7. The first kappa shape index (κ1) is 26.1. The molecule has 32 heavy (non-hydrogen) atoms. The highest BCUT2D eigenvalue weighted by atomic mass is 31.2. The number of rotatable bonds is 13. The van der Waals surface area contributed by atoms with Crippen LogP contribution in [-0.4, -0.2) is 24.3 Å². The number of hydrogen-bond acceptors (Lipinski definition) is 4. The molecule has 2 rings (SSSR count). The van der Waals surface area contributed by atoms with E-state index in [1.54, 1.807) is 24.3 Å². The van der Waals surface area contributed by atoms with Gasteiger partial charge in [0.2, 0.25) is 5.52 Å². The molecule has 2 aromatic rings. The van der Waals surface area contributed by atoms with E-state index in [4.69, 9.17) is 4.74 Å². The molecular weight excluding hydrogens is 419 g/mol. The minimum Gasteiger partial charge on any atom is -0.466 e. The molecule has 0 aliphatic carbocycles. The molecule has 0 fully saturated rings. The first-order chi connectivity index (χ1) is 15.3. The highest BCUT2D eigenvalue weighted by Crippen LogP contribution is 2.49. The summed E-state index contributed by atoms with van der Waals surface area (Å²) in [5.41, 5.74) is 2.82. The van der Waals surface area contributed by atoms with Gasteiger partial charge in [0.1, 0.15) is 0 Å². The maximum atomic E-state index is 14.1. The molecule has 1 unspecified atom stereocenters. The Hall–Kier alpha value is -2.19. The van der Waals surface area contributed by atoms with Gasteiger partial charge in [-0.1, -0.05) is 87.1 Å². The van der Waals surface area contributed by atoms with Gasteiger partial charge >= 0.3 is 5.97 Å². The zero-order valence-electron chi connectivity index (χ0n) is 20.0. The molecule has 0 amide bonds. The largest absolute Gasteiger partial charge is 0.466 e. The van der Waals surface area contributed by atoms with Crippen LogP contribution in [0.5, 0.6) is 0 Å². The molecule has 0 saturated carbocycles. The fraction of sp³-hybridized carbons (Fsp3) is 0.481. The van der Waals surface area contributed by atoms with Gasteiger partial charge in [0.15, 0.2) is 7.14 Å². The number of unbranched alkanes of at least 4 members (excludes halogenated alkanes) is 5. The van der Waals surface area contributed by atoms with E-state index in [2.05, 4.69) is 6.92 Å². The van der Waals surface area contributed by atoms with Crippen molar-refractivity contribution in [2.45, 2.75) is 72.6 Å². The Balaban J connectivity index is 2.10. The van der Waals surface area contributed by atoms with Gasteiger partial charge in [-0.05, 0) is 38.3 Å². The molecule has 4 nitrogen and oxygen atoms in total. The molecule has 0 N–H and O–H groups in total. The van der Waals surface area contributed by atoms with Crippen molar-refractivity contribution >= 4 is 23.9 Å². The summed E-state index contributed by atoms with van der Waals surface area (Å²) in [6.07, 6.45) is 6.64. The van der Waals surface area contributed by atoms with Crippen LogP contribution in [0.1, 0.15) is 78.9 Å². The third-order valence-corrected chi connectivity index (χ3v) is 8.65. The average Bonchev–Trinajstić information content (AvgIpc) is 2.76. The number of benzene rings is 2. The van der Waals surface area contributed by atoms with Crippen molar-refractivity contribution in [1.29, 1.82) is 0 Å². The second-order valence-corrected chi connectivity index (χ2v) is 11.5. The molecule has 5 heteroatoms. The van der Waals surface area contributed by atoms with Crippen LogP contribution in [0.2, 0.25) is 0 Å². The van der Waals surface area contributed by atoms with Crippen LogP contribution in [0.15, 0.2) is 42.5 Å². The molecule has 0 spiro atoms. The Kier molecular flexibility index (Phi) is 10.4. The molecule has 174 valence electrons. The Bertz CT molecular complexity index is 926. The van der Waals surface area contributed by atoms with Gasteiger partial charge in [-0.2, -0.15) is 0 Å². The Morgan fingerprint density at radius 3 is 2.09 bits per heavy atom. The number of ether oxygens (including phenoxy) is 1. The molecular formula is C27H37O4P. The third kappa shape index (κ3) is 7.17. The summed E-state index contributed by atoms with van der Waals surface area (Å²) in [5, 5.41) is 0.494. The zero-order valence-corrected chi connectivity index (χ0v) is 20.9. The van der Waals surface area contributed by atoms with E-state index >= 15 is 0 Å². The van der Waals surface area contributed by atoms with Crippen molar-refractivity contribution in [3.63, 3.8) is 0 Å². The monoisotopic (exact) mass is 456 g/mol. The smallest absolute Gasteiger partial charge is 0.306 e. The second kappa shape index (κ2) is 12.7. The van der Waals surface area contributed by atoms with Crippen molar-refractivity contribution in [2.24, 2.45) is 0 Å². The molecule has 2 aromatic carbocycles. The third-order valence-electron chi connectivity index (χ3n) is 5.78. The van der Waals surface area contributed by atoms with Crippen LogP contribution in [0, 0.1) is 20.8 Å². The fourth-order valence-electron chi connectivity index (χ4n) is 4.10. The summed E-state index contributed by atoms with van der Waals surface area (Å²) < 4.78 is 19.5. The Labute approximate surface area is 193 Å². The molecule has 0 saturated heterocycles. The van der Waals surface area contributed by atoms with E-state index in [0.29, 0.717) is 17.5 Å². The number of esters is 1. The van der Waals surface area contributed by atoms with Crippen molar-refractivity contribution in [1.82, 2.24) is 0 Å². The standard InChI is InChI=1S/C27H37O4P/c1-5-6-7-8-9-13-17-31-25(28)16-18-32(30,24-14-11-10-12-15-24)27(29)26-22(3)19-21(2)20-23(26)4/h10-12,14-15,19-20H,5-9,13,16-18H2,1-4H3. The molecule has 0 aliphatic heterocycles. The van der Waals surface area contributed by atoms with E-state index in [-0.39, 0.29) is 24.1 Å². The van der Waals surface area contributed by atoms with E-state index in [9.17, 15) is 14.2 Å². The highest BCUT2D eigenvalue weighted by molar-refractivity contribution is 7.87. The molecule has 0 heterocycles. The lowest BCUT2D eigenvalue weighted by Gasteiger charge is -2.20. The van der Waals surface area contributed by atoms with Crippen LogP contribution in [0.4, 0.5) is 0 Å². The van der Waals surface area contributed by atoms with Crippen LogP contribution in [-0.2, 0) is 14.1 Å². The second-order valence-electron chi connectivity index (χ2n) is 8.62. The van der Waals surface area contributed by atoms with Crippen LogP contribution in [0.25, 0.3) is 0 Å². The average molecular weight is 457 g/mol. The van der Waals surface area contributed by atoms with Gasteiger partial charge in [-0.25, -0.2) is 0 Å². The number of carbonyl (C=O) groups excluding carboxylic acids is 2. The number of hydrogen-bond donors (Lipinski definition) is 0. The predicted molar refractivity (Wildman–Crippen MR) is 132 cm³/mol. The lowest BCUT2D eigenvalue weighted by atomic mass is 10.0. The first-order valence-corrected chi connectivity index (χ1v) is 13.6. The van der Waals surface area contributed by atoms with Crippen molar-refractivity contribution in [3.8, 4) is 0 Å². The predicted octanol–water partition coefficient (Wildman–Crippen LogP) is 6.73. The van der Waals surface area contributed by atoms with Crippen molar-refractivity contribution in [3.05, 3.63) is 64.7 Å². The van der Waals surface area contributed by atoms with Gasteiger partial charge in [0.05, 0.1) is 13.0 Å². The van der Waals surface area contributed by atoms with Gasteiger partial charge < -0.3 is 9.30 Å². The topological polar surface area (TPSA) is 60.4 Å². The normalized spacial score (nSPS) is 12.9. The highest BCUT2D eigenvalue weighted by Gasteiger charge is 2.36. The SMILES string of the molecule is CCCCCCCCOC(=O)CCP(=O)(C(=O)c1c(C)cc(C)cc1C)c1ccccc1. The lowest BCUT2D eigenvalue weighted by Crippen LogP contribution is -2.20. The van der Waals surface area contributed by atoms with E-state index in [1.807, 2.05) is 39.0 Å². The van der Waals surface area contributed by atoms with Gasteiger partial charge in [0, 0.05) is 17.0 Å². The Morgan fingerprint density at radius 1 is 0.875 bits per heavy atom. The maximum absolute atomic E-state index is 14.1.